The number of nitrogens with one attached hydrogen (secondary N) is 1. The van der Waals surface area contributed by atoms with Gasteiger partial charge in [-0.3, -0.25) is 9.78 Å². The minimum Gasteiger partial charge on any atom is -0.490 e. The number of hydrogen-bond acceptors (Lipinski definition) is 5. The summed E-state index contributed by atoms with van der Waals surface area (Å²) in [6, 6.07) is 9.51. The first kappa shape index (κ1) is 23.1. The van der Waals surface area contributed by atoms with E-state index in [4.69, 9.17) is 9.47 Å². The third kappa shape index (κ3) is 5.78. The number of fused-ring (bicyclic) bond motifs is 1. The van der Waals surface area contributed by atoms with Crippen molar-refractivity contribution in [2.24, 2.45) is 5.92 Å². The molecule has 0 unspecified atom stereocenters. The molecular formula is C24H24F2N2O4. The van der Waals surface area contributed by atoms with Gasteiger partial charge in [-0.1, -0.05) is 13.8 Å². The number of pyridine rings is 1. The fraction of sp³-hybridized carbons (Fsp3) is 0.292. The van der Waals surface area contributed by atoms with E-state index in [1.807, 2.05) is 13.8 Å². The summed E-state index contributed by atoms with van der Waals surface area (Å²) >= 11 is 0. The van der Waals surface area contributed by atoms with Crippen molar-refractivity contribution in [2.45, 2.75) is 26.3 Å². The normalized spacial score (nSPS) is 11.9. The molecule has 2 aromatic carbocycles. The summed E-state index contributed by atoms with van der Waals surface area (Å²) in [4.78, 5) is 27.1. The van der Waals surface area contributed by atoms with E-state index in [0.29, 0.717) is 35.0 Å². The SMILES string of the molecule is CC(C)C[C@H](NC=O)C(=O)OCCOc1ccc2nccc(-c3ccc(F)cc3F)c2c1. The van der Waals surface area contributed by atoms with Gasteiger partial charge >= 0.3 is 5.97 Å². The Morgan fingerprint density at radius 2 is 1.91 bits per heavy atom. The van der Waals surface area contributed by atoms with Gasteiger partial charge in [-0.25, -0.2) is 13.6 Å². The number of aromatic nitrogens is 1. The second-order valence-electron chi connectivity index (χ2n) is 7.64. The first-order chi connectivity index (χ1) is 15.4. The van der Waals surface area contributed by atoms with Crippen LogP contribution >= 0.6 is 0 Å². The standard InChI is InChI=1S/C24H24F2N2O4/c1-15(2)11-23(28-14-29)24(30)32-10-9-31-17-4-6-22-20(13-17)18(7-8-27-22)19-5-3-16(25)12-21(19)26/h3-8,12-15,23H,9-11H2,1-2H3,(H,28,29)/t23-/m0/s1. The molecule has 1 heterocycles. The van der Waals surface area contributed by atoms with Crippen molar-refractivity contribution in [3.63, 3.8) is 0 Å². The Bertz CT molecular complexity index is 1100. The van der Waals surface area contributed by atoms with E-state index in [1.165, 1.54) is 12.1 Å². The van der Waals surface area contributed by atoms with Crippen LogP contribution in [0.15, 0.2) is 48.7 Å². The van der Waals surface area contributed by atoms with Crippen LogP contribution in [0.1, 0.15) is 20.3 Å². The van der Waals surface area contributed by atoms with E-state index < -0.39 is 23.6 Å². The zero-order valence-corrected chi connectivity index (χ0v) is 17.8. The van der Waals surface area contributed by atoms with Crippen LogP contribution in [0.2, 0.25) is 0 Å². The highest BCUT2D eigenvalue weighted by Crippen LogP contribution is 2.32. The van der Waals surface area contributed by atoms with Gasteiger partial charge in [0.2, 0.25) is 6.41 Å². The zero-order valence-electron chi connectivity index (χ0n) is 17.8. The fourth-order valence-electron chi connectivity index (χ4n) is 3.35. The van der Waals surface area contributed by atoms with Gasteiger partial charge in [0.15, 0.2) is 0 Å². The minimum atomic E-state index is -0.701. The quantitative estimate of drug-likeness (QED) is 0.288. The molecule has 32 heavy (non-hydrogen) atoms. The Morgan fingerprint density at radius 3 is 2.62 bits per heavy atom. The average Bonchev–Trinajstić information content (AvgIpc) is 2.76. The van der Waals surface area contributed by atoms with E-state index >= 15 is 0 Å². The predicted molar refractivity (Wildman–Crippen MR) is 116 cm³/mol. The largest absolute Gasteiger partial charge is 0.490 e. The molecule has 0 aliphatic rings. The van der Waals surface area contributed by atoms with E-state index in [-0.39, 0.29) is 24.7 Å². The van der Waals surface area contributed by atoms with Gasteiger partial charge in [-0.2, -0.15) is 0 Å². The number of halogens is 2. The van der Waals surface area contributed by atoms with Gasteiger partial charge < -0.3 is 14.8 Å². The summed E-state index contributed by atoms with van der Waals surface area (Å²) in [6.45, 7) is 3.97. The van der Waals surface area contributed by atoms with E-state index in [9.17, 15) is 18.4 Å². The molecule has 1 amide bonds. The third-order valence-electron chi connectivity index (χ3n) is 4.79. The smallest absolute Gasteiger partial charge is 0.328 e. The van der Waals surface area contributed by atoms with E-state index in [0.717, 1.165) is 6.07 Å². The van der Waals surface area contributed by atoms with Crippen molar-refractivity contribution in [1.29, 1.82) is 0 Å². The van der Waals surface area contributed by atoms with Gasteiger partial charge in [0.05, 0.1) is 5.52 Å². The van der Waals surface area contributed by atoms with Crippen LogP contribution < -0.4 is 10.1 Å². The number of carbonyl (C=O) groups excluding carboxylic acids is 2. The molecule has 0 saturated carbocycles. The molecule has 3 rings (SSSR count). The van der Waals surface area contributed by atoms with Crippen molar-refractivity contribution in [3.8, 4) is 16.9 Å². The fourth-order valence-corrected chi connectivity index (χ4v) is 3.35. The van der Waals surface area contributed by atoms with Gasteiger partial charge in [-0.15, -0.1) is 0 Å². The summed E-state index contributed by atoms with van der Waals surface area (Å²) < 4.78 is 38.5. The zero-order chi connectivity index (χ0) is 23.1. The van der Waals surface area contributed by atoms with Crippen molar-refractivity contribution in [3.05, 3.63) is 60.3 Å². The lowest BCUT2D eigenvalue weighted by Crippen LogP contribution is -2.38. The monoisotopic (exact) mass is 442 g/mol. The summed E-state index contributed by atoms with van der Waals surface area (Å²) in [5, 5.41) is 3.10. The average molecular weight is 442 g/mol. The first-order valence-electron chi connectivity index (χ1n) is 10.2. The Morgan fingerprint density at radius 1 is 1.09 bits per heavy atom. The van der Waals surface area contributed by atoms with Gasteiger partial charge in [0.1, 0.15) is 36.6 Å². The number of hydrogen-bond donors (Lipinski definition) is 1. The van der Waals surface area contributed by atoms with Crippen LogP contribution in [0, 0.1) is 17.6 Å². The molecule has 0 aliphatic carbocycles. The van der Waals surface area contributed by atoms with Crippen LogP contribution in [0.4, 0.5) is 8.78 Å². The highest BCUT2D eigenvalue weighted by atomic mass is 19.1. The van der Waals surface area contributed by atoms with Crippen LogP contribution in [-0.4, -0.2) is 36.6 Å². The summed E-state index contributed by atoms with van der Waals surface area (Å²) in [7, 11) is 0. The Labute approximate surface area is 184 Å². The molecule has 0 radical (unpaired) electrons. The minimum absolute atomic E-state index is 0.00150. The topological polar surface area (TPSA) is 77.5 Å². The number of nitrogens with zero attached hydrogens (tertiary/aromatic N) is 1. The lowest BCUT2D eigenvalue weighted by molar-refractivity contribution is -0.148. The number of carbonyl (C=O) groups is 2. The van der Waals surface area contributed by atoms with Crippen molar-refractivity contribution in [2.75, 3.05) is 13.2 Å². The number of amides is 1. The molecule has 3 aromatic rings. The van der Waals surface area contributed by atoms with Crippen LogP contribution in [-0.2, 0) is 14.3 Å². The van der Waals surface area contributed by atoms with Crippen LogP contribution in [0.5, 0.6) is 5.75 Å². The molecule has 0 saturated heterocycles. The number of rotatable bonds is 10. The maximum Gasteiger partial charge on any atom is 0.328 e. The maximum absolute atomic E-state index is 14.3. The third-order valence-corrected chi connectivity index (χ3v) is 4.79. The van der Waals surface area contributed by atoms with E-state index in [1.54, 1.807) is 30.5 Å². The molecule has 1 aromatic heterocycles. The lowest BCUT2D eigenvalue weighted by Gasteiger charge is -2.17. The number of ether oxygens (including phenoxy) is 2. The molecule has 8 heteroatoms. The first-order valence-corrected chi connectivity index (χ1v) is 10.2. The highest BCUT2D eigenvalue weighted by Gasteiger charge is 2.20. The van der Waals surface area contributed by atoms with Gasteiger partial charge in [-0.05, 0) is 54.3 Å². The Balaban J connectivity index is 1.68. The molecule has 0 aliphatic heterocycles. The Hall–Kier alpha value is -3.55. The summed E-state index contributed by atoms with van der Waals surface area (Å²) in [6.07, 6.45) is 2.51. The molecule has 0 spiro atoms. The summed E-state index contributed by atoms with van der Waals surface area (Å²) in [5.41, 5.74) is 1.44. The van der Waals surface area contributed by atoms with E-state index in [2.05, 4.69) is 10.3 Å². The van der Waals surface area contributed by atoms with Crippen LogP contribution in [0.25, 0.3) is 22.0 Å². The second-order valence-corrected chi connectivity index (χ2v) is 7.64. The van der Waals surface area contributed by atoms with Crippen molar-refractivity contribution in [1.82, 2.24) is 10.3 Å². The molecule has 6 nitrogen and oxygen atoms in total. The molecule has 1 N–H and O–H groups in total. The molecule has 1 atom stereocenters. The summed E-state index contributed by atoms with van der Waals surface area (Å²) in [5.74, 6) is -1.15. The Kier molecular flexibility index (Phi) is 7.70. The van der Waals surface area contributed by atoms with Crippen molar-refractivity contribution >= 4 is 23.3 Å². The lowest BCUT2D eigenvalue weighted by atomic mass is 10.0. The molecular weight excluding hydrogens is 418 g/mol. The highest BCUT2D eigenvalue weighted by molar-refractivity contribution is 5.95. The predicted octanol–water partition coefficient (Wildman–Crippen LogP) is 4.26. The maximum atomic E-state index is 14.3. The number of esters is 1. The number of benzene rings is 2. The second kappa shape index (κ2) is 10.7. The van der Waals surface area contributed by atoms with Crippen LogP contribution in [0.3, 0.4) is 0 Å². The molecule has 168 valence electrons. The van der Waals surface area contributed by atoms with Gasteiger partial charge in [0.25, 0.3) is 0 Å². The molecule has 0 bridgehead atoms. The molecule has 0 fully saturated rings. The van der Waals surface area contributed by atoms with Gasteiger partial charge in [0, 0.05) is 23.2 Å². The van der Waals surface area contributed by atoms with Crippen molar-refractivity contribution < 1.29 is 27.8 Å².